The molecule has 0 N–H and O–H groups in total. The molecule has 1 aromatic rings. The molecule has 0 aliphatic carbocycles. The zero-order chi connectivity index (χ0) is 7.40. The van der Waals surface area contributed by atoms with Gasteiger partial charge in [-0.1, -0.05) is 18.2 Å². The van der Waals surface area contributed by atoms with Crippen molar-refractivity contribution in [3.8, 4) is 0 Å². The molecule has 0 spiro atoms. The Morgan fingerprint density at radius 2 is 1.90 bits per heavy atom. The van der Waals surface area contributed by atoms with Gasteiger partial charge in [0.2, 0.25) is 0 Å². The number of benzene rings is 1. The van der Waals surface area contributed by atoms with Gasteiger partial charge in [-0.2, -0.15) is 0 Å². The summed E-state index contributed by atoms with van der Waals surface area (Å²) in [6, 6.07) is 9.05. The van der Waals surface area contributed by atoms with Crippen LogP contribution in [0.2, 0.25) is 0 Å². The second-order valence-corrected chi connectivity index (χ2v) is 2.99. The van der Waals surface area contributed by atoms with Crippen molar-refractivity contribution in [2.24, 2.45) is 0 Å². The van der Waals surface area contributed by atoms with Crippen molar-refractivity contribution < 1.29 is 8.39 Å². The Morgan fingerprint density at radius 3 is 2.40 bits per heavy atom. The fourth-order valence-corrected chi connectivity index (χ4v) is 1.20. The van der Waals surface area contributed by atoms with Gasteiger partial charge in [0.25, 0.3) is 0 Å². The molecule has 0 aromatic heterocycles. The molecule has 0 fully saturated rings. The van der Waals surface area contributed by atoms with E-state index in [1.807, 2.05) is 18.2 Å². The summed E-state index contributed by atoms with van der Waals surface area (Å²) in [5.41, 5.74) is 0. The molecule has 0 heterocycles. The van der Waals surface area contributed by atoms with Crippen molar-refractivity contribution in [3.63, 3.8) is 0 Å². The van der Waals surface area contributed by atoms with Gasteiger partial charge in [0.15, 0.2) is 11.1 Å². The van der Waals surface area contributed by atoms with Crippen molar-refractivity contribution in [2.45, 2.75) is 4.90 Å². The van der Waals surface area contributed by atoms with Crippen molar-refractivity contribution in [3.05, 3.63) is 30.3 Å². The highest BCUT2D eigenvalue weighted by Gasteiger charge is 1.97. The van der Waals surface area contributed by atoms with Crippen molar-refractivity contribution >= 4 is 11.1 Å². The van der Waals surface area contributed by atoms with E-state index in [2.05, 4.69) is 4.18 Å². The third-order valence-corrected chi connectivity index (χ3v) is 2.05. The highest BCUT2D eigenvalue weighted by atomic mass is 32.2. The summed E-state index contributed by atoms with van der Waals surface area (Å²) < 4.78 is 15.5. The molecule has 0 aliphatic heterocycles. The summed E-state index contributed by atoms with van der Waals surface area (Å²) in [5, 5.41) is 0. The lowest BCUT2D eigenvalue weighted by molar-refractivity contribution is 0.446. The minimum Gasteiger partial charge on any atom is -0.290 e. The Bertz CT molecular complexity index is 220. The summed E-state index contributed by atoms with van der Waals surface area (Å²) in [6.45, 7) is 0. The van der Waals surface area contributed by atoms with Crippen LogP contribution < -0.4 is 0 Å². The van der Waals surface area contributed by atoms with Gasteiger partial charge in [-0.15, -0.1) is 0 Å². The largest absolute Gasteiger partial charge is 0.290 e. The molecule has 54 valence electrons. The lowest BCUT2D eigenvalue weighted by Gasteiger charge is -1.95. The summed E-state index contributed by atoms with van der Waals surface area (Å²) in [7, 11) is 1.42. The molecular formula is C7H8O2S. The van der Waals surface area contributed by atoms with E-state index in [1.165, 1.54) is 7.11 Å². The maximum absolute atomic E-state index is 10.9. The quantitative estimate of drug-likeness (QED) is 0.607. The van der Waals surface area contributed by atoms with Crippen LogP contribution in [0.4, 0.5) is 0 Å². The minimum atomic E-state index is -1.29. The molecule has 1 rings (SSSR count). The monoisotopic (exact) mass is 158 g/mol. The SMILES string of the molecule is COS(=[18O])c1ccccc1. The molecule has 0 saturated heterocycles. The Hall–Kier alpha value is -0.670. The van der Waals surface area contributed by atoms with Crippen molar-refractivity contribution in [2.75, 3.05) is 7.11 Å². The van der Waals surface area contributed by atoms with Gasteiger partial charge in [-0.3, -0.25) is 4.18 Å². The van der Waals surface area contributed by atoms with Crippen molar-refractivity contribution in [1.82, 2.24) is 0 Å². The molecule has 0 saturated carbocycles. The molecule has 1 atom stereocenters. The van der Waals surface area contributed by atoms with Gasteiger partial charge >= 0.3 is 0 Å². The smallest absolute Gasteiger partial charge is 0.188 e. The average molecular weight is 158 g/mol. The normalized spacial score (nSPS) is 12.9. The summed E-state index contributed by atoms with van der Waals surface area (Å²) in [6.07, 6.45) is 0. The molecule has 1 unspecified atom stereocenters. The first-order chi connectivity index (χ1) is 4.84. The maximum Gasteiger partial charge on any atom is 0.188 e. The second-order valence-electron chi connectivity index (χ2n) is 1.71. The molecule has 10 heavy (non-hydrogen) atoms. The van der Waals surface area contributed by atoms with E-state index in [1.54, 1.807) is 12.1 Å². The first kappa shape index (κ1) is 7.44. The topological polar surface area (TPSA) is 26.3 Å². The van der Waals surface area contributed by atoms with E-state index in [0.29, 0.717) is 4.90 Å². The molecule has 3 heteroatoms. The number of hydrogen-bond acceptors (Lipinski definition) is 2. The highest BCUT2D eigenvalue weighted by Crippen LogP contribution is 2.04. The zero-order valence-corrected chi connectivity index (χ0v) is 6.43. The summed E-state index contributed by atoms with van der Waals surface area (Å²) >= 11 is -1.29. The number of rotatable bonds is 2. The van der Waals surface area contributed by atoms with E-state index in [0.717, 1.165) is 0 Å². The Balaban J connectivity index is 2.85. The van der Waals surface area contributed by atoms with Gasteiger partial charge in [0, 0.05) is 0 Å². The molecule has 0 bridgehead atoms. The molecular weight excluding hydrogens is 150 g/mol. The Labute approximate surface area is 62.5 Å². The fraction of sp³-hybridized carbons (Fsp3) is 0.143. The van der Waals surface area contributed by atoms with Crippen LogP contribution in [-0.2, 0) is 15.3 Å². The standard InChI is InChI=1S/C7H8O2S/c1-9-10(8)7-5-3-2-4-6-7/h2-6H,1H3/i8+2. The second kappa shape index (κ2) is 3.49. The lowest BCUT2D eigenvalue weighted by atomic mass is 10.4. The van der Waals surface area contributed by atoms with Crippen LogP contribution in [0.15, 0.2) is 35.2 Å². The number of hydrogen-bond donors (Lipinski definition) is 0. The Morgan fingerprint density at radius 1 is 1.30 bits per heavy atom. The van der Waals surface area contributed by atoms with E-state index < -0.39 is 11.1 Å². The van der Waals surface area contributed by atoms with Gasteiger partial charge in [0.05, 0.1) is 12.0 Å². The van der Waals surface area contributed by atoms with Crippen LogP contribution >= 0.6 is 0 Å². The fourth-order valence-electron chi connectivity index (χ4n) is 0.628. The van der Waals surface area contributed by atoms with Gasteiger partial charge in [0.1, 0.15) is 0 Å². The van der Waals surface area contributed by atoms with Crippen LogP contribution in [0.1, 0.15) is 0 Å². The molecule has 0 amide bonds. The van der Waals surface area contributed by atoms with Crippen LogP contribution in [0.5, 0.6) is 0 Å². The van der Waals surface area contributed by atoms with E-state index in [4.69, 9.17) is 0 Å². The predicted octanol–water partition coefficient (Wildman–Crippen LogP) is 1.36. The van der Waals surface area contributed by atoms with E-state index >= 15 is 0 Å². The average Bonchev–Trinajstić information content (AvgIpc) is 2.05. The van der Waals surface area contributed by atoms with Crippen LogP contribution in [-0.4, -0.2) is 11.3 Å². The molecule has 1 aromatic carbocycles. The third-order valence-electron chi connectivity index (χ3n) is 1.09. The minimum absolute atomic E-state index is 0.699. The Kier molecular flexibility index (Phi) is 2.59. The molecule has 0 aliphatic rings. The third kappa shape index (κ3) is 1.65. The van der Waals surface area contributed by atoms with Crippen LogP contribution in [0.3, 0.4) is 0 Å². The van der Waals surface area contributed by atoms with E-state index in [-0.39, 0.29) is 0 Å². The van der Waals surface area contributed by atoms with Crippen LogP contribution in [0.25, 0.3) is 0 Å². The summed E-state index contributed by atoms with van der Waals surface area (Å²) in [4.78, 5) is 0.699. The van der Waals surface area contributed by atoms with Gasteiger partial charge in [-0.25, -0.2) is 4.21 Å². The first-order valence-corrected chi connectivity index (χ1v) is 3.93. The lowest BCUT2D eigenvalue weighted by Crippen LogP contribution is -1.91. The van der Waals surface area contributed by atoms with E-state index in [9.17, 15) is 4.21 Å². The van der Waals surface area contributed by atoms with Crippen LogP contribution in [0, 0.1) is 0 Å². The predicted molar refractivity (Wildman–Crippen MR) is 39.9 cm³/mol. The molecule has 2 nitrogen and oxygen atoms in total. The van der Waals surface area contributed by atoms with Gasteiger partial charge < -0.3 is 0 Å². The first-order valence-electron chi connectivity index (χ1n) is 2.86. The van der Waals surface area contributed by atoms with Gasteiger partial charge in [-0.05, 0) is 12.1 Å². The zero-order valence-electron chi connectivity index (χ0n) is 5.61. The summed E-state index contributed by atoms with van der Waals surface area (Å²) in [5.74, 6) is 0. The highest BCUT2D eigenvalue weighted by molar-refractivity contribution is 7.80. The van der Waals surface area contributed by atoms with Crippen molar-refractivity contribution in [1.29, 1.82) is 0 Å². The maximum atomic E-state index is 10.9. The molecule has 0 radical (unpaired) electrons.